The number of amides is 2. The molecule has 110 valence electrons. The third-order valence-electron chi connectivity index (χ3n) is 4.17. The van der Waals surface area contributed by atoms with E-state index in [9.17, 15) is 9.59 Å². The first kappa shape index (κ1) is 15.0. The summed E-state index contributed by atoms with van der Waals surface area (Å²) in [6, 6.07) is 4.20. The number of likely N-dealkylation sites (tertiary alicyclic amines) is 1. The molecule has 1 fully saturated rings. The minimum Gasteiger partial charge on any atom is -0.343 e. The summed E-state index contributed by atoms with van der Waals surface area (Å²) in [5, 5.41) is 2.04. The molecule has 0 bridgehead atoms. The maximum atomic E-state index is 12.5. The second-order valence-corrected chi connectivity index (χ2v) is 6.40. The van der Waals surface area contributed by atoms with Gasteiger partial charge in [0, 0.05) is 37.9 Å². The van der Waals surface area contributed by atoms with Crippen LogP contribution >= 0.6 is 11.3 Å². The Hall–Kier alpha value is -1.36. The number of carbonyl (C=O) groups excluding carboxylic acids is 2. The van der Waals surface area contributed by atoms with Gasteiger partial charge in [-0.3, -0.25) is 9.59 Å². The van der Waals surface area contributed by atoms with Crippen molar-refractivity contribution in [3.63, 3.8) is 0 Å². The lowest BCUT2D eigenvalue weighted by Gasteiger charge is -2.34. The second kappa shape index (κ2) is 6.39. The Bertz CT molecular complexity index is 464. The van der Waals surface area contributed by atoms with Crippen LogP contribution in [-0.4, -0.2) is 41.8 Å². The number of carbonyl (C=O) groups is 2. The Morgan fingerprint density at radius 3 is 2.55 bits per heavy atom. The van der Waals surface area contributed by atoms with Gasteiger partial charge in [-0.1, -0.05) is 6.07 Å². The SMILES string of the molecule is CC(=O)N1CCC(C(=O)N(C)C(C)c2cccs2)CC1. The summed E-state index contributed by atoms with van der Waals surface area (Å²) < 4.78 is 0. The average molecular weight is 294 g/mol. The Morgan fingerprint density at radius 1 is 1.40 bits per heavy atom. The van der Waals surface area contributed by atoms with Gasteiger partial charge in [-0.2, -0.15) is 0 Å². The molecule has 1 unspecified atom stereocenters. The molecule has 5 heteroatoms. The van der Waals surface area contributed by atoms with Crippen LogP contribution in [0.1, 0.15) is 37.6 Å². The minimum absolute atomic E-state index is 0.0537. The first-order chi connectivity index (χ1) is 9.50. The summed E-state index contributed by atoms with van der Waals surface area (Å²) in [6.45, 7) is 5.06. The fraction of sp³-hybridized carbons (Fsp3) is 0.600. The number of piperidine rings is 1. The van der Waals surface area contributed by atoms with Crippen LogP contribution in [0.25, 0.3) is 0 Å². The van der Waals surface area contributed by atoms with Crippen LogP contribution in [0.5, 0.6) is 0 Å². The zero-order valence-electron chi connectivity index (χ0n) is 12.3. The van der Waals surface area contributed by atoms with Crippen molar-refractivity contribution in [1.29, 1.82) is 0 Å². The standard InChI is InChI=1S/C15H22N2O2S/c1-11(14-5-4-10-20-14)16(3)15(19)13-6-8-17(9-7-13)12(2)18/h4-5,10-11,13H,6-9H2,1-3H3. The lowest BCUT2D eigenvalue weighted by atomic mass is 9.95. The molecule has 1 saturated heterocycles. The number of thiophene rings is 1. The summed E-state index contributed by atoms with van der Waals surface area (Å²) in [7, 11) is 1.88. The molecular weight excluding hydrogens is 272 g/mol. The van der Waals surface area contributed by atoms with Crippen molar-refractivity contribution in [2.75, 3.05) is 20.1 Å². The Balaban J connectivity index is 1.93. The monoisotopic (exact) mass is 294 g/mol. The molecule has 0 saturated carbocycles. The van der Waals surface area contributed by atoms with Gasteiger partial charge < -0.3 is 9.80 Å². The summed E-state index contributed by atoms with van der Waals surface area (Å²) in [5.41, 5.74) is 0. The van der Waals surface area contributed by atoms with Crippen molar-refractivity contribution in [2.45, 2.75) is 32.7 Å². The average Bonchev–Trinajstić information content (AvgIpc) is 2.99. The van der Waals surface area contributed by atoms with Gasteiger partial charge >= 0.3 is 0 Å². The van der Waals surface area contributed by atoms with Gasteiger partial charge in [0.15, 0.2) is 0 Å². The van der Waals surface area contributed by atoms with E-state index in [4.69, 9.17) is 0 Å². The van der Waals surface area contributed by atoms with Crippen LogP contribution in [-0.2, 0) is 9.59 Å². The highest BCUT2D eigenvalue weighted by Crippen LogP contribution is 2.27. The van der Waals surface area contributed by atoms with Gasteiger partial charge in [0.05, 0.1) is 6.04 Å². The Kier molecular flexibility index (Phi) is 4.81. The molecular formula is C15H22N2O2S. The molecule has 0 spiro atoms. The van der Waals surface area contributed by atoms with Crippen LogP contribution < -0.4 is 0 Å². The van der Waals surface area contributed by atoms with Crippen molar-refractivity contribution in [1.82, 2.24) is 9.80 Å². The molecule has 0 radical (unpaired) electrons. The molecule has 1 aromatic heterocycles. The number of hydrogen-bond acceptors (Lipinski definition) is 3. The third-order valence-corrected chi connectivity index (χ3v) is 5.22. The van der Waals surface area contributed by atoms with Crippen LogP contribution in [0.2, 0.25) is 0 Å². The Morgan fingerprint density at radius 2 is 2.05 bits per heavy atom. The maximum Gasteiger partial charge on any atom is 0.226 e. The molecule has 1 aromatic rings. The predicted molar refractivity (Wildman–Crippen MR) is 80.5 cm³/mol. The van der Waals surface area contributed by atoms with E-state index in [2.05, 4.69) is 13.0 Å². The summed E-state index contributed by atoms with van der Waals surface area (Å²) in [5.74, 6) is 0.364. The van der Waals surface area contributed by atoms with Gasteiger partial charge in [0.25, 0.3) is 0 Å². The van der Waals surface area contributed by atoms with E-state index in [1.165, 1.54) is 4.88 Å². The molecule has 4 nitrogen and oxygen atoms in total. The highest BCUT2D eigenvalue weighted by atomic mass is 32.1. The third kappa shape index (κ3) is 3.20. The number of nitrogens with zero attached hydrogens (tertiary/aromatic N) is 2. The van der Waals surface area contributed by atoms with Gasteiger partial charge in [-0.15, -0.1) is 11.3 Å². The van der Waals surface area contributed by atoms with E-state index in [0.29, 0.717) is 13.1 Å². The fourth-order valence-electron chi connectivity index (χ4n) is 2.64. The van der Waals surface area contributed by atoms with Crippen LogP contribution in [0.3, 0.4) is 0 Å². The lowest BCUT2D eigenvalue weighted by Crippen LogP contribution is -2.43. The lowest BCUT2D eigenvalue weighted by molar-refractivity contribution is -0.140. The highest BCUT2D eigenvalue weighted by Gasteiger charge is 2.30. The minimum atomic E-state index is 0.0537. The molecule has 1 aliphatic heterocycles. The van der Waals surface area contributed by atoms with E-state index in [1.54, 1.807) is 18.3 Å². The van der Waals surface area contributed by atoms with E-state index in [1.807, 2.05) is 28.3 Å². The van der Waals surface area contributed by atoms with E-state index < -0.39 is 0 Å². The van der Waals surface area contributed by atoms with E-state index in [-0.39, 0.29) is 23.8 Å². The second-order valence-electron chi connectivity index (χ2n) is 5.42. The quantitative estimate of drug-likeness (QED) is 0.859. The fourth-order valence-corrected chi connectivity index (χ4v) is 3.47. The van der Waals surface area contributed by atoms with Gasteiger partial charge in [-0.05, 0) is 31.2 Å². The molecule has 2 rings (SSSR count). The smallest absolute Gasteiger partial charge is 0.226 e. The summed E-state index contributed by atoms with van der Waals surface area (Å²) in [4.78, 5) is 28.7. The molecule has 0 N–H and O–H groups in total. The first-order valence-electron chi connectivity index (χ1n) is 7.06. The molecule has 0 aromatic carbocycles. The van der Waals surface area contributed by atoms with Crippen molar-refractivity contribution >= 4 is 23.2 Å². The molecule has 2 heterocycles. The molecule has 0 aliphatic carbocycles. The summed E-state index contributed by atoms with van der Waals surface area (Å²) in [6.07, 6.45) is 1.56. The van der Waals surface area contributed by atoms with Crippen molar-refractivity contribution in [3.8, 4) is 0 Å². The number of hydrogen-bond donors (Lipinski definition) is 0. The Labute approximate surface area is 124 Å². The van der Waals surface area contributed by atoms with Crippen molar-refractivity contribution in [2.24, 2.45) is 5.92 Å². The van der Waals surface area contributed by atoms with Crippen LogP contribution in [0.4, 0.5) is 0 Å². The maximum absolute atomic E-state index is 12.5. The first-order valence-corrected chi connectivity index (χ1v) is 7.94. The molecule has 2 amide bonds. The molecule has 20 heavy (non-hydrogen) atoms. The topological polar surface area (TPSA) is 40.6 Å². The number of rotatable bonds is 3. The van der Waals surface area contributed by atoms with Gasteiger partial charge in [0.1, 0.15) is 0 Å². The normalized spacial score (nSPS) is 17.9. The molecule has 1 aliphatic rings. The van der Waals surface area contributed by atoms with E-state index in [0.717, 1.165) is 12.8 Å². The van der Waals surface area contributed by atoms with Gasteiger partial charge in [0.2, 0.25) is 11.8 Å². The predicted octanol–water partition coefficient (Wildman–Crippen LogP) is 2.53. The van der Waals surface area contributed by atoms with E-state index >= 15 is 0 Å². The van der Waals surface area contributed by atoms with Crippen LogP contribution in [0.15, 0.2) is 17.5 Å². The zero-order valence-corrected chi connectivity index (χ0v) is 13.2. The largest absolute Gasteiger partial charge is 0.343 e. The van der Waals surface area contributed by atoms with Crippen LogP contribution in [0, 0.1) is 5.92 Å². The van der Waals surface area contributed by atoms with Crippen molar-refractivity contribution in [3.05, 3.63) is 22.4 Å². The zero-order chi connectivity index (χ0) is 14.7. The van der Waals surface area contributed by atoms with Gasteiger partial charge in [-0.25, -0.2) is 0 Å². The highest BCUT2D eigenvalue weighted by molar-refractivity contribution is 7.10. The summed E-state index contributed by atoms with van der Waals surface area (Å²) >= 11 is 1.68. The van der Waals surface area contributed by atoms with Crippen molar-refractivity contribution < 1.29 is 9.59 Å². The molecule has 1 atom stereocenters.